The van der Waals surface area contributed by atoms with Crippen molar-refractivity contribution >= 4 is 17.5 Å². The maximum absolute atomic E-state index is 12.5. The van der Waals surface area contributed by atoms with E-state index in [1.807, 2.05) is 31.2 Å². The van der Waals surface area contributed by atoms with E-state index in [1.165, 1.54) is 0 Å². The minimum atomic E-state index is -0.152. The van der Waals surface area contributed by atoms with E-state index >= 15 is 0 Å². The molecule has 0 radical (unpaired) electrons. The topological polar surface area (TPSA) is 70.9 Å². The van der Waals surface area contributed by atoms with Crippen LogP contribution < -0.4 is 5.32 Å². The molecule has 0 aliphatic heterocycles. The highest BCUT2D eigenvalue weighted by molar-refractivity contribution is 6.30. The first-order chi connectivity index (χ1) is 11.6. The van der Waals surface area contributed by atoms with Crippen LogP contribution in [0.1, 0.15) is 29.5 Å². The Hall–Kier alpha value is -2.53. The van der Waals surface area contributed by atoms with E-state index in [4.69, 9.17) is 16.0 Å². The van der Waals surface area contributed by atoms with Gasteiger partial charge in [0.05, 0.1) is 23.7 Å². The highest BCUT2D eigenvalue weighted by Gasteiger charge is 2.17. The van der Waals surface area contributed by atoms with Crippen LogP contribution in [0.5, 0.6) is 0 Å². The number of aromatic nitrogens is 2. The van der Waals surface area contributed by atoms with E-state index in [-0.39, 0.29) is 11.9 Å². The van der Waals surface area contributed by atoms with Crippen molar-refractivity contribution in [1.29, 1.82) is 0 Å². The first-order valence-electron chi connectivity index (χ1n) is 7.76. The van der Waals surface area contributed by atoms with Gasteiger partial charge in [-0.25, -0.2) is 0 Å². The summed E-state index contributed by atoms with van der Waals surface area (Å²) in [6.45, 7) is 1.98. The van der Waals surface area contributed by atoms with Crippen molar-refractivity contribution in [2.45, 2.75) is 25.8 Å². The minimum absolute atomic E-state index is 0.0237. The number of rotatable bonds is 6. The summed E-state index contributed by atoms with van der Waals surface area (Å²) >= 11 is 5.91. The molecule has 0 bridgehead atoms. The molecule has 0 spiro atoms. The van der Waals surface area contributed by atoms with Gasteiger partial charge in [-0.1, -0.05) is 23.7 Å². The number of benzene rings is 1. The number of carbonyl (C=O) groups excluding carboxylic acids is 1. The first-order valence-corrected chi connectivity index (χ1v) is 8.14. The highest BCUT2D eigenvalue weighted by Crippen LogP contribution is 2.23. The fourth-order valence-corrected chi connectivity index (χ4v) is 2.61. The van der Waals surface area contributed by atoms with Crippen LogP contribution in [0.15, 0.2) is 53.3 Å². The predicted molar refractivity (Wildman–Crippen MR) is 93.0 cm³/mol. The fraction of sp³-hybridized carbons (Fsp3) is 0.222. The van der Waals surface area contributed by atoms with E-state index in [2.05, 4.69) is 15.5 Å². The molecular weight excluding hydrogens is 326 g/mol. The van der Waals surface area contributed by atoms with Gasteiger partial charge in [0.15, 0.2) is 0 Å². The number of halogens is 1. The van der Waals surface area contributed by atoms with E-state index in [1.54, 1.807) is 24.6 Å². The molecule has 5 nitrogen and oxygen atoms in total. The Kier molecular flexibility index (Phi) is 5.01. The van der Waals surface area contributed by atoms with Gasteiger partial charge in [-0.15, -0.1) is 0 Å². The molecule has 0 fully saturated rings. The van der Waals surface area contributed by atoms with Gasteiger partial charge in [0.2, 0.25) is 0 Å². The molecule has 1 aromatic carbocycles. The van der Waals surface area contributed by atoms with Gasteiger partial charge in [0, 0.05) is 23.0 Å². The quantitative estimate of drug-likeness (QED) is 0.708. The molecule has 6 heteroatoms. The molecule has 2 heterocycles. The zero-order valence-corrected chi connectivity index (χ0v) is 14.0. The SMILES string of the molecule is CC(CCc1ccco1)NC(=O)c1cn[nH]c1-c1ccc(Cl)cc1. The lowest BCUT2D eigenvalue weighted by Gasteiger charge is -2.13. The van der Waals surface area contributed by atoms with Gasteiger partial charge in [0.25, 0.3) is 5.91 Å². The Morgan fingerprint density at radius 2 is 2.12 bits per heavy atom. The predicted octanol–water partition coefficient (Wildman–Crippen LogP) is 4.07. The zero-order chi connectivity index (χ0) is 16.9. The number of hydrogen-bond donors (Lipinski definition) is 2. The lowest BCUT2D eigenvalue weighted by molar-refractivity contribution is 0.0939. The molecule has 0 saturated carbocycles. The molecule has 0 aliphatic rings. The van der Waals surface area contributed by atoms with Gasteiger partial charge < -0.3 is 9.73 Å². The van der Waals surface area contributed by atoms with Crippen LogP contribution in [0.3, 0.4) is 0 Å². The van der Waals surface area contributed by atoms with Crippen molar-refractivity contribution in [3.05, 3.63) is 65.2 Å². The molecule has 0 saturated heterocycles. The van der Waals surface area contributed by atoms with Gasteiger partial charge in [-0.3, -0.25) is 9.89 Å². The molecule has 0 aliphatic carbocycles. The third-order valence-electron chi connectivity index (χ3n) is 3.80. The van der Waals surface area contributed by atoms with Crippen molar-refractivity contribution in [1.82, 2.24) is 15.5 Å². The summed E-state index contributed by atoms with van der Waals surface area (Å²) in [5, 5.41) is 10.5. The molecule has 2 N–H and O–H groups in total. The highest BCUT2D eigenvalue weighted by atomic mass is 35.5. The van der Waals surface area contributed by atoms with Gasteiger partial charge in [-0.2, -0.15) is 5.10 Å². The monoisotopic (exact) mass is 343 g/mol. The Balaban J connectivity index is 1.65. The van der Waals surface area contributed by atoms with E-state index in [9.17, 15) is 4.79 Å². The van der Waals surface area contributed by atoms with Crippen molar-refractivity contribution in [3.63, 3.8) is 0 Å². The third-order valence-corrected chi connectivity index (χ3v) is 4.05. The zero-order valence-electron chi connectivity index (χ0n) is 13.3. The molecule has 124 valence electrons. The van der Waals surface area contributed by atoms with Crippen molar-refractivity contribution in [3.8, 4) is 11.3 Å². The second-order valence-electron chi connectivity index (χ2n) is 5.66. The van der Waals surface area contributed by atoms with Gasteiger partial charge in [0.1, 0.15) is 5.76 Å². The van der Waals surface area contributed by atoms with Gasteiger partial charge in [-0.05, 0) is 37.6 Å². The van der Waals surface area contributed by atoms with Crippen molar-refractivity contribution in [2.24, 2.45) is 0 Å². The molecule has 3 aromatic rings. The number of amides is 1. The number of aryl methyl sites for hydroxylation is 1. The summed E-state index contributed by atoms with van der Waals surface area (Å²) in [6, 6.07) is 11.1. The smallest absolute Gasteiger partial charge is 0.255 e. The first kappa shape index (κ1) is 16.3. The number of nitrogens with zero attached hydrogens (tertiary/aromatic N) is 1. The Morgan fingerprint density at radius 3 is 2.83 bits per heavy atom. The molecular formula is C18H18ClN3O2. The standard InChI is InChI=1S/C18H18ClN3O2/c1-12(4-9-15-3-2-10-24-15)21-18(23)16-11-20-22-17(16)13-5-7-14(19)8-6-13/h2-3,5-8,10-12H,4,9H2,1H3,(H,20,22)(H,21,23). The van der Waals surface area contributed by atoms with E-state index in [0.29, 0.717) is 16.3 Å². The third kappa shape index (κ3) is 3.86. The fourth-order valence-electron chi connectivity index (χ4n) is 2.48. The maximum Gasteiger partial charge on any atom is 0.255 e. The molecule has 1 unspecified atom stereocenters. The Labute approximate surface area is 145 Å². The summed E-state index contributed by atoms with van der Waals surface area (Å²) in [4.78, 5) is 12.5. The summed E-state index contributed by atoms with van der Waals surface area (Å²) in [5.74, 6) is 0.766. The normalized spacial score (nSPS) is 12.1. The average Bonchev–Trinajstić information content (AvgIpc) is 3.25. The van der Waals surface area contributed by atoms with Crippen LogP contribution in [0.2, 0.25) is 5.02 Å². The van der Waals surface area contributed by atoms with Crippen LogP contribution in [0.4, 0.5) is 0 Å². The minimum Gasteiger partial charge on any atom is -0.469 e. The maximum atomic E-state index is 12.5. The Morgan fingerprint density at radius 1 is 1.33 bits per heavy atom. The second-order valence-corrected chi connectivity index (χ2v) is 6.09. The number of carbonyl (C=O) groups is 1. The molecule has 24 heavy (non-hydrogen) atoms. The number of furan rings is 1. The number of aromatic amines is 1. The number of nitrogens with one attached hydrogen (secondary N) is 2. The molecule has 2 aromatic heterocycles. The van der Waals surface area contributed by atoms with Crippen LogP contribution in [0, 0.1) is 0 Å². The van der Waals surface area contributed by atoms with Crippen molar-refractivity contribution in [2.75, 3.05) is 0 Å². The summed E-state index contributed by atoms with van der Waals surface area (Å²) in [7, 11) is 0. The van der Waals surface area contributed by atoms with Crippen LogP contribution in [-0.4, -0.2) is 22.1 Å². The van der Waals surface area contributed by atoms with Crippen LogP contribution in [-0.2, 0) is 6.42 Å². The van der Waals surface area contributed by atoms with Crippen molar-refractivity contribution < 1.29 is 9.21 Å². The van der Waals surface area contributed by atoms with E-state index < -0.39 is 0 Å². The van der Waals surface area contributed by atoms with Gasteiger partial charge >= 0.3 is 0 Å². The van der Waals surface area contributed by atoms with Crippen LogP contribution in [0.25, 0.3) is 11.3 Å². The molecule has 1 atom stereocenters. The molecule has 3 rings (SSSR count). The largest absolute Gasteiger partial charge is 0.469 e. The summed E-state index contributed by atoms with van der Waals surface area (Å²) in [6.07, 6.45) is 4.78. The average molecular weight is 344 g/mol. The Bertz CT molecular complexity index is 794. The number of hydrogen-bond acceptors (Lipinski definition) is 3. The number of H-pyrrole nitrogens is 1. The molecule has 1 amide bonds. The van der Waals surface area contributed by atoms with E-state index in [0.717, 1.165) is 24.2 Å². The summed E-state index contributed by atoms with van der Waals surface area (Å²) in [5.41, 5.74) is 2.06. The summed E-state index contributed by atoms with van der Waals surface area (Å²) < 4.78 is 5.31. The van der Waals surface area contributed by atoms with Crippen LogP contribution >= 0.6 is 11.6 Å². The lowest BCUT2D eigenvalue weighted by atomic mass is 10.1. The second kappa shape index (κ2) is 7.36. The lowest BCUT2D eigenvalue weighted by Crippen LogP contribution is -2.33.